The Morgan fingerprint density at radius 3 is 2.71 bits per heavy atom. The van der Waals surface area contributed by atoms with Crippen LogP contribution in [0.4, 0.5) is 16.2 Å². The summed E-state index contributed by atoms with van der Waals surface area (Å²) < 4.78 is 5.98. The molecule has 196 valence electrons. The molecule has 2 N–H and O–H groups in total. The van der Waals surface area contributed by atoms with Gasteiger partial charge in [0.05, 0.1) is 17.4 Å². The van der Waals surface area contributed by atoms with Crippen LogP contribution in [0.2, 0.25) is 0 Å². The Hall–Kier alpha value is -3.56. The molecule has 0 spiro atoms. The molecule has 4 unspecified atom stereocenters. The van der Waals surface area contributed by atoms with Gasteiger partial charge in [0.2, 0.25) is 5.91 Å². The molecule has 2 aromatic carbocycles. The van der Waals surface area contributed by atoms with Crippen molar-refractivity contribution in [3.05, 3.63) is 71.9 Å². The summed E-state index contributed by atoms with van der Waals surface area (Å²) >= 11 is 1.43. The molecule has 3 amide bonds. The summed E-state index contributed by atoms with van der Waals surface area (Å²) in [5.41, 5.74) is 3.32. The number of hydrogen-bond acceptors (Lipinski definition) is 6. The first kappa shape index (κ1) is 24.8. The highest BCUT2D eigenvalue weighted by Crippen LogP contribution is 2.51. The number of ether oxygens (including phenoxy) is 1. The zero-order valence-corrected chi connectivity index (χ0v) is 22.5. The number of likely N-dealkylation sites (tertiary alicyclic amines) is 1. The number of pyridine rings is 1. The minimum absolute atomic E-state index is 0.0438. The van der Waals surface area contributed by atoms with Crippen molar-refractivity contribution >= 4 is 35.1 Å². The topological polar surface area (TPSA) is 86.8 Å². The molecule has 8 nitrogen and oxygen atoms in total. The number of hydrogen-bond donors (Lipinski definition) is 2. The minimum atomic E-state index is -0.459. The van der Waals surface area contributed by atoms with E-state index in [1.165, 1.54) is 11.8 Å². The Bertz CT molecular complexity index is 1380. The largest absolute Gasteiger partial charge is 0.457 e. The quantitative estimate of drug-likeness (QED) is 0.483. The normalized spacial score (nSPS) is 24.5. The highest BCUT2D eigenvalue weighted by Gasteiger charge is 2.47. The minimum Gasteiger partial charge on any atom is -0.457 e. The standard InChI is InChI=1S/C29H31N5O3S/c1-17-15-20(37-19-7-5-4-6-8-19)9-10-22(17)34-23-11-13-30-28-24(23)25(32-29(34)36)26(38-28)27(35)31-21-12-14-33(3)16-18(21)2/h4-11,13,15,18,21,25-26H,12,14,16H2,1-3H3,(H,31,35)(H,32,36). The summed E-state index contributed by atoms with van der Waals surface area (Å²) in [7, 11) is 2.11. The molecule has 1 fully saturated rings. The summed E-state index contributed by atoms with van der Waals surface area (Å²) in [6.45, 7) is 6.05. The van der Waals surface area contributed by atoms with Crippen LogP contribution in [0.5, 0.6) is 11.5 Å². The Morgan fingerprint density at radius 2 is 1.95 bits per heavy atom. The Morgan fingerprint density at radius 1 is 1.13 bits per heavy atom. The van der Waals surface area contributed by atoms with Crippen LogP contribution in [-0.4, -0.2) is 53.3 Å². The van der Waals surface area contributed by atoms with Crippen LogP contribution in [-0.2, 0) is 4.79 Å². The van der Waals surface area contributed by atoms with Gasteiger partial charge < -0.3 is 20.3 Å². The van der Waals surface area contributed by atoms with Gasteiger partial charge in [-0.15, -0.1) is 0 Å². The number of carbonyl (C=O) groups is 2. The number of nitrogens with one attached hydrogen (secondary N) is 2. The lowest BCUT2D eigenvalue weighted by Crippen LogP contribution is -2.53. The van der Waals surface area contributed by atoms with Crippen LogP contribution >= 0.6 is 11.8 Å². The third-order valence-corrected chi connectivity index (χ3v) is 8.88. The number of urea groups is 1. The van der Waals surface area contributed by atoms with Gasteiger partial charge in [0.1, 0.15) is 21.8 Å². The van der Waals surface area contributed by atoms with Crippen LogP contribution < -0.4 is 20.3 Å². The lowest BCUT2D eigenvalue weighted by atomic mass is 9.93. The van der Waals surface area contributed by atoms with E-state index in [9.17, 15) is 9.59 Å². The van der Waals surface area contributed by atoms with Gasteiger partial charge in [0, 0.05) is 24.3 Å². The third-order valence-electron chi connectivity index (χ3n) is 7.59. The van der Waals surface area contributed by atoms with Crippen molar-refractivity contribution in [1.82, 2.24) is 20.5 Å². The number of piperidine rings is 1. The molecule has 38 heavy (non-hydrogen) atoms. The van der Waals surface area contributed by atoms with Crippen LogP contribution in [0, 0.1) is 12.8 Å². The molecular formula is C29H31N5O3S. The molecule has 3 aromatic rings. The first-order valence-corrected chi connectivity index (χ1v) is 13.9. The van der Waals surface area contributed by atoms with Crippen molar-refractivity contribution in [2.75, 3.05) is 25.0 Å². The van der Waals surface area contributed by atoms with Crippen molar-refractivity contribution in [3.63, 3.8) is 0 Å². The number of aryl methyl sites for hydroxylation is 1. The number of amides is 3. The van der Waals surface area contributed by atoms with Crippen molar-refractivity contribution < 1.29 is 14.3 Å². The van der Waals surface area contributed by atoms with Gasteiger partial charge in [-0.3, -0.25) is 9.69 Å². The highest BCUT2D eigenvalue weighted by atomic mass is 32.2. The highest BCUT2D eigenvalue weighted by molar-refractivity contribution is 8.01. The Labute approximate surface area is 226 Å². The summed E-state index contributed by atoms with van der Waals surface area (Å²) in [6, 6.07) is 16.6. The fraction of sp³-hybridized carbons (Fsp3) is 0.345. The maximum Gasteiger partial charge on any atom is 0.327 e. The average Bonchev–Trinajstić information content (AvgIpc) is 3.27. The maximum atomic E-state index is 13.5. The molecule has 3 aliphatic rings. The molecule has 0 aliphatic carbocycles. The fourth-order valence-corrected chi connectivity index (χ4v) is 6.90. The predicted molar refractivity (Wildman–Crippen MR) is 148 cm³/mol. The summed E-state index contributed by atoms with van der Waals surface area (Å²) in [5, 5.41) is 6.72. The van der Waals surface area contributed by atoms with E-state index in [1.807, 2.05) is 61.5 Å². The van der Waals surface area contributed by atoms with Crippen LogP contribution in [0.15, 0.2) is 65.8 Å². The molecule has 0 saturated carbocycles. The van der Waals surface area contributed by atoms with E-state index in [2.05, 4.69) is 34.5 Å². The zero-order valence-electron chi connectivity index (χ0n) is 21.7. The fourth-order valence-electron chi connectivity index (χ4n) is 5.66. The number of carbonyl (C=O) groups excluding carboxylic acids is 2. The van der Waals surface area contributed by atoms with Crippen LogP contribution in [0.3, 0.4) is 0 Å². The summed E-state index contributed by atoms with van der Waals surface area (Å²) in [5.74, 6) is 1.77. The predicted octanol–water partition coefficient (Wildman–Crippen LogP) is 5.02. The molecule has 9 heteroatoms. The van der Waals surface area contributed by atoms with Gasteiger partial charge in [-0.25, -0.2) is 9.78 Å². The molecule has 1 aromatic heterocycles. The van der Waals surface area contributed by atoms with Crippen molar-refractivity contribution in [2.24, 2.45) is 5.92 Å². The number of rotatable bonds is 5. The van der Waals surface area contributed by atoms with Crippen LogP contribution in [0.25, 0.3) is 0 Å². The maximum absolute atomic E-state index is 13.5. The smallest absolute Gasteiger partial charge is 0.327 e. The molecule has 3 aliphatic heterocycles. The second-order valence-corrected chi connectivity index (χ2v) is 11.5. The molecule has 6 rings (SSSR count). The number of aromatic nitrogens is 1. The second kappa shape index (κ2) is 9.96. The summed E-state index contributed by atoms with van der Waals surface area (Å²) in [6.07, 6.45) is 2.64. The van der Waals surface area contributed by atoms with E-state index < -0.39 is 11.3 Å². The monoisotopic (exact) mass is 529 g/mol. The van der Waals surface area contributed by atoms with E-state index in [0.717, 1.165) is 52.8 Å². The van der Waals surface area contributed by atoms with Crippen molar-refractivity contribution in [3.8, 4) is 11.5 Å². The van der Waals surface area contributed by atoms with Gasteiger partial charge >= 0.3 is 6.03 Å². The van der Waals surface area contributed by atoms with E-state index in [4.69, 9.17) is 4.74 Å². The molecule has 0 bridgehead atoms. The number of thioether (sulfide) groups is 1. The molecule has 1 saturated heterocycles. The van der Waals surface area contributed by atoms with Crippen molar-refractivity contribution in [1.29, 1.82) is 0 Å². The van der Waals surface area contributed by atoms with E-state index in [-0.39, 0.29) is 18.0 Å². The Balaban J connectivity index is 1.25. The molecule has 0 radical (unpaired) electrons. The van der Waals surface area contributed by atoms with Gasteiger partial charge in [-0.05, 0) is 74.8 Å². The molecule has 4 heterocycles. The first-order valence-electron chi connectivity index (χ1n) is 13.0. The van der Waals surface area contributed by atoms with Gasteiger partial charge in [-0.1, -0.05) is 36.9 Å². The SMILES string of the molecule is Cc1cc(Oc2ccccc2)ccc1N1C(=O)NC2c3c1ccnc3SC2C(=O)NC1CCN(C)CC1C. The van der Waals surface area contributed by atoms with Gasteiger partial charge in [-0.2, -0.15) is 0 Å². The lowest BCUT2D eigenvalue weighted by Gasteiger charge is -2.37. The van der Waals surface area contributed by atoms with Gasteiger partial charge in [0.25, 0.3) is 0 Å². The summed E-state index contributed by atoms with van der Waals surface area (Å²) in [4.78, 5) is 35.5. The third kappa shape index (κ3) is 4.50. The number of anilines is 2. The number of para-hydroxylation sites is 1. The average molecular weight is 530 g/mol. The van der Waals surface area contributed by atoms with Crippen LogP contribution in [0.1, 0.15) is 30.5 Å². The van der Waals surface area contributed by atoms with E-state index >= 15 is 0 Å². The zero-order chi connectivity index (χ0) is 26.4. The first-order chi connectivity index (χ1) is 18.4. The number of benzene rings is 2. The molecular weight excluding hydrogens is 498 g/mol. The lowest BCUT2D eigenvalue weighted by molar-refractivity contribution is -0.122. The van der Waals surface area contributed by atoms with Gasteiger partial charge in [0.15, 0.2) is 0 Å². The molecule has 4 atom stereocenters. The second-order valence-electron chi connectivity index (χ2n) is 10.4. The van der Waals surface area contributed by atoms with E-state index in [0.29, 0.717) is 11.7 Å². The van der Waals surface area contributed by atoms with E-state index in [1.54, 1.807) is 11.1 Å². The Kier molecular flexibility index (Phi) is 6.49. The van der Waals surface area contributed by atoms with Crippen molar-refractivity contribution in [2.45, 2.75) is 42.6 Å². The number of nitrogens with zero attached hydrogens (tertiary/aromatic N) is 3.